The lowest BCUT2D eigenvalue weighted by Crippen LogP contribution is -2.38. The van der Waals surface area contributed by atoms with Crippen LogP contribution < -0.4 is 10.6 Å². The summed E-state index contributed by atoms with van der Waals surface area (Å²) in [5.74, 6) is 0.0813. The molecule has 0 aliphatic carbocycles. The average molecular weight is 497 g/mol. The van der Waals surface area contributed by atoms with Gasteiger partial charge in [-0.1, -0.05) is 13.0 Å². The number of nitriles is 1. The van der Waals surface area contributed by atoms with E-state index in [0.29, 0.717) is 19.6 Å². The Morgan fingerprint density at radius 2 is 1.74 bits per heavy atom. The van der Waals surface area contributed by atoms with Crippen LogP contribution in [0.25, 0.3) is 0 Å². The van der Waals surface area contributed by atoms with E-state index >= 15 is 0 Å². The summed E-state index contributed by atoms with van der Waals surface area (Å²) >= 11 is 1.54. The molecule has 0 fully saturated rings. The van der Waals surface area contributed by atoms with E-state index < -0.39 is 0 Å². The van der Waals surface area contributed by atoms with Crippen molar-refractivity contribution in [2.24, 2.45) is 0 Å². The van der Waals surface area contributed by atoms with E-state index in [0.717, 1.165) is 24.5 Å². The molecule has 0 aliphatic rings. The van der Waals surface area contributed by atoms with E-state index in [2.05, 4.69) is 10.6 Å². The molecule has 0 saturated carbocycles. The van der Waals surface area contributed by atoms with Gasteiger partial charge in [0.05, 0.1) is 6.54 Å². The molecule has 0 aliphatic heterocycles. The molecule has 1 atom stereocenters. The smallest absolute Gasteiger partial charge is 0.290 e. The third kappa shape index (κ3) is 15.8. The summed E-state index contributed by atoms with van der Waals surface area (Å²) in [7, 11) is 5.47. The Labute approximate surface area is 208 Å². The highest BCUT2D eigenvalue weighted by atomic mass is 32.2. The SMILES string of the molecule is CCN(C)C#N.CCN(C)CC(=O)Nc1cccc(NCC(SC)C(=O)N(C)CC)c1.O=CO. The zero-order valence-corrected chi connectivity index (χ0v) is 22.2. The van der Waals surface area contributed by atoms with Gasteiger partial charge in [0.1, 0.15) is 5.25 Å². The first kappa shape index (κ1) is 33.2. The van der Waals surface area contributed by atoms with Crippen LogP contribution in [0.3, 0.4) is 0 Å². The molecule has 3 N–H and O–H groups in total. The molecular formula is C23H40N6O4S. The van der Waals surface area contributed by atoms with Crippen molar-refractivity contribution in [1.82, 2.24) is 14.7 Å². The van der Waals surface area contributed by atoms with Gasteiger partial charge in [-0.3, -0.25) is 19.3 Å². The number of nitrogens with zero attached hydrogens (tertiary/aromatic N) is 4. The topological polar surface area (TPSA) is 129 Å². The van der Waals surface area contributed by atoms with Gasteiger partial charge in [-0.2, -0.15) is 17.0 Å². The van der Waals surface area contributed by atoms with Gasteiger partial charge in [0.15, 0.2) is 6.19 Å². The maximum absolute atomic E-state index is 12.3. The number of benzene rings is 1. The van der Waals surface area contributed by atoms with Crippen LogP contribution in [0, 0.1) is 11.5 Å². The molecule has 0 spiro atoms. The van der Waals surface area contributed by atoms with Gasteiger partial charge in [0, 0.05) is 45.1 Å². The van der Waals surface area contributed by atoms with Gasteiger partial charge in [-0.25, -0.2) is 0 Å². The van der Waals surface area contributed by atoms with Crippen LogP contribution in [-0.2, 0) is 14.4 Å². The zero-order chi connectivity index (χ0) is 26.5. The van der Waals surface area contributed by atoms with Crippen molar-refractivity contribution in [1.29, 1.82) is 5.26 Å². The van der Waals surface area contributed by atoms with E-state index in [-0.39, 0.29) is 23.5 Å². The Bertz CT molecular complexity index is 759. The van der Waals surface area contributed by atoms with E-state index in [1.165, 1.54) is 11.8 Å². The maximum atomic E-state index is 12.3. The minimum atomic E-state index is -0.250. The fourth-order valence-electron chi connectivity index (χ4n) is 2.22. The third-order valence-corrected chi connectivity index (χ3v) is 5.58. The Balaban J connectivity index is 0. The van der Waals surface area contributed by atoms with Crippen LogP contribution in [0.1, 0.15) is 20.8 Å². The highest BCUT2D eigenvalue weighted by Crippen LogP contribution is 2.17. The van der Waals surface area contributed by atoms with Gasteiger partial charge in [-0.05, 0) is 51.9 Å². The molecule has 2 amide bonds. The molecule has 1 aromatic carbocycles. The number of carboxylic acid groups (broad SMARTS) is 1. The highest BCUT2D eigenvalue weighted by molar-refractivity contribution is 7.99. The van der Waals surface area contributed by atoms with E-state index in [1.807, 2.05) is 76.5 Å². The van der Waals surface area contributed by atoms with Crippen LogP contribution in [0.15, 0.2) is 24.3 Å². The second-order valence-corrected chi connectivity index (χ2v) is 8.18. The van der Waals surface area contributed by atoms with Gasteiger partial charge < -0.3 is 25.5 Å². The number of hydrogen-bond acceptors (Lipinski definition) is 8. The largest absolute Gasteiger partial charge is 0.483 e. The van der Waals surface area contributed by atoms with Crippen molar-refractivity contribution >= 4 is 41.4 Å². The van der Waals surface area contributed by atoms with E-state index in [4.69, 9.17) is 15.2 Å². The number of thioether (sulfide) groups is 1. The average Bonchev–Trinajstić information content (AvgIpc) is 2.84. The molecule has 0 radical (unpaired) electrons. The number of carbonyl (C=O) groups excluding carboxylic acids is 2. The molecule has 1 aromatic rings. The normalized spacial score (nSPS) is 10.3. The van der Waals surface area contributed by atoms with Crippen LogP contribution >= 0.6 is 11.8 Å². The third-order valence-electron chi connectivity index (χ3n) is 4.65. The number of carbonyl (C=O) groups is 3. The van der Waals surface area contributed by atoms with Crippen molar-refractivity contribution in [3.8, 4) is 6.19 Å². The molecule has 0 heterocycles. The fraction of sp³-hybridized carbons (Fsp3) is 0.565. The maximum Gasteiger partial charge on any atom is 0.290 e. The van der Waals surface area contributed by atoms with Crippen LogP contribution in [-0.4, -0.2) is 103 Å². The van der Waals surface area contributed by atoms with Crippen molar-refractivity contribution in [2.45, 2.75) is 26.0 Å². The van der Waals surface area contributed by atoms with Crippen molar-refractivity contribution in [3.05, 3.63) is 24.3 Å². The second-order valence-electron chi connectivity index (χ2n) is 7.14. The summed E-state index contributed by atoms with van der Waals surface area (Å²) < 4.78 is 0. The van der Waals surface area contributed by atoms with Crippen molar-refractivity contribution in [2.75, 3.05) is 70.8 Å². The van der Waals surface area contributed by atoms with Gasteiger partial charge in [0.2, 0.25) is 11.8 Å². The molecule has 34 heavy (non-hydrogen) atoms. The number of nitrogens with one attached hydrogen (secondary N) is 2. The zero-order valence-electron chi connectivity index (χ0n) is 21.4. The fourth-order valence-corrected chi connectivity index (χ4v) is 2.85. The van der Waals surface area contributed by atoms with Crippen LogP contribution in [0.2, 0.25) is 0 Å². The molecule has 1 rings (SSSR count). The summed E-state index contributed by atoms with van der Waals surface area (Å²) in [5, 5.41) is 21.0. The van der Waals surface area contributed by atoms with Crippen molar-refractivity contribution in [3.63, 3.8) is 0 Å². The summed E-state index contributed by atoms with van der Waals surface area (Å²) in [6.07, 6.45) is 3.89. The molecule has 0 bridgehead atoms. The Hall–Kier alpha value is -2.97. The molecule has 0 saturated heterocycles. The lowest BCUT2D eigenvalue weighted by atomic mass is 10.2. The standard InChI is InChI=1S/C18H30N4O2S.C4H8N2.CH2O2/c1-6-21(3)13-17(23)20-15-10-8-9-14(11-15)19-12-16(25-5)18(24)22(4)7-2;1-3-6(2)4-5;2-1-3/h8-11,16,19H,6-7,12-13H2,1-5H3,(H,20,23);3H2,1-2H3;1H,(H,2,3). The molecule has 192 valence electrons. The van der Waals surface area contributed by atoms with Gasteiger partial charge in [-0.15, -0.1) is 0 Å². The molecular weight excluding hydrogens is 456 g/mol. The minimum absolute atomic E-state index is 0.0387. The van der Waals surface area contributed by atoms with Crippen LogP contribution in [0.5, 0.6) is 0 Å². The monoisotopic (exact) mass is 496 g/mol. The second kappa shape index (κ2) is 20.6. The summed E-state index contributed by atoms with van der Waals surface area (Å²) in [6.45, 7) is 8.89. The predicted molar refractivity (Wildman–Crippen MR) is 140 cm³/mol. The lowest BCUT2D eigenvalue weighted by Gasteiger charge is -2.22. The summed E-state index contributed by atoms with van der Waals surface area (Å²) in [5.41, 5.74) is 1.63. The Morgan fingerprint density at radius 3 is 2.18 bits per heavy atom. The van der Waals surface area contributed by atoms with Gasteiger partial charge >= 0.3 is 0 Å². The summed E-state index contributed by atoms with van der Waals surface area (Å²) in [6, 6.07) is 7.56. The molecule has 10 nitrogen and oxygen atoms in total. The molecule has 0 aromatic heterocycles. The number of anilines is 2. The quantitative estimate of drug-likeness (QED) is 0.240. The van der Waals surface area contributed by atoms with Crippen molar-refractivity contribution < 1.29 is 19.5 Å². The van der Waals surface area contributed by atoms with Gasteiger partial charge in [0.25, 0.3) is 6.47 Å². The number of hydrogen-bond donors (Lipinski definition) is 3. The molecule has 11 heteroatoms. The van der Waals surface area contributed by atoms with Crippen LogP contribution in [0.4, 0.5) is 11.4 Å². The number of rotatable bonds is 11. The Morgan fingerprint density at radius 1 is 1.15 bits per heavy atom. The summed E-state index contributed by atoms with van der Waals surface area (Å²) in [4.78, 5) is 37.8. The highest BCUT2D eigenvalue weighted by Gasteiger charge is 2.20. The minimum Gasteiger partial charge on any atom is -0.483 e. The lowest BCUT2D eigenvalue weighted by molar-refractivity contribution is -0.129. The van der Waals surface area contributed by atoms with E-state index in [9.17, 15) is 9.59 Å². The number of amides is 2. The van der Waals surface area contributed by atoms with E-state index in [1.54, 1.807) is 16.8 Å². The predicted octanol–water partition coefficient (Wildman–Crippen LogP) is 2.32. The Kier molecular flexibility index (Phi) is 20.1. The first-order chi connectivity index (χ1) is 16.1. The number of likely N-dealkylation sites (N-methyl/N-ethyl adjacent to an activating group) is 1. The first-order valence-electron chi connectivity index (χ1n) is 10.9. The molecule has 1 unspecified atom stereocenters. The first-order valence-corrected chi connectivity index (χ1v) is 12.2.